The van der Waals surface area contributed by atoms with Crippen LogP contribution in [0.5, 0.6) is 0 Å². The van der Waals surface area contributed by atoms with Gasteiger partial charge < -0.3 is 10.6 Å². The highest BCUT2D eigenvalue weighted by atomic mass is 79.9. The summed E-state index contributed by atoms with van der Waals surface area (Å²) in [5, 5.41) is 6.73. The summed E-state index contributed by atoms with van der Waals surface area (Å²) in [5.41, 5.74) is 4.24. The van der Waals surface area contributed by atoms with E-state index in [9.17, 15) is 4.79 Å². The fraction of sp³-hybridized carbons (Fsp3) is 0.318. The molecule has 3 nitrogen and oxygen atoms in total. The molecular weight excluding hydrogens is 388 g/mol. The van der Waals surface area contributed by atoms with Gasteiger partial charge in [-0.2, -0.15) is 0 Å². The lowest BCUT2D eigenvalue weighted by molar-refractivity contribution is 0.0954. The van der Waals surface area contributed by atoms with Crippen LogP contribution in [0.3, 0.4) is 0 Å². The lowest BCUT2D eigenvalue weighted by atomic mass is 9.76. The van der Waals surface area contributed by atoms with Crippen LogP contribution in [-0.4, -0.2) is 12.5 Å². The van der Waals surface area contributed by atoms with Crippen molar-refractivity contribution in [2.45, 2.75) is 31.7 Å². The average Bonchev–Trinajstić information content (AvgIpc) is 3.16. The van der Waals surface area contributed by atoms with Crippen LogP contribution in [0, 0.1) is 5.92 Å². The molecule has 4 rings (SSSR count). The molecule has 2 N–H and O–H groups in total. The zero-order valence-corrected chi connectivity index (χ0v) is 16.4. The molecule has 0 aromatic heterocycles. The first-order valence-corrected chi connectivity index (χ1v) is 10.1. The van der Waals surface area contributed by atoms with Gasteiger partial charge in [-0.3, -0.25) is 4.79 Å². The van der Waals surface area contributed by atoms with E-state index in [0.29, 0.717) is 18.4 Å². The molecule has 1 aliphatic heterocycles. The van der Waals surface area contributed by atoms with Crippen LogP contribution < -0.4 is 10.6 Å². The first kappa shape index (κ1) is 17.3. The van der Waals surface area contributed by atoms with Gasteiger partial charge in [-0.15, -0.1) is 0 Å². The van der Waals surface area contributed by atoms with Gasteiger partial charge in [0.15, 0.2) is 0 Å². The van der Waals surface area contributed by atoms with Crippen LogP contribution in [0.2, 0.25) is 0 Å². The summed E-state index contributed by atoms with van der Waals surface area (Å²) in [4.78, 5) is 12.7. The van der Waals surface area contributed by atoms with E-state index in [4.69, 9.17) is 0 Å². The zero-order chi connectivity index (χ0) is 18.1. The van der Waals surface area contributed by atoms with E-state index in [-0.39, 0.29) is 11.9 Å². The van der Waals surface area contributed by atoms with Gasteiger partial charge in [0.1, 0.15) is 0 Å². The maximum absolute atomic E-state index is 12.7. The predicted octanol–water partition coefficient (Wildman–Crippen LogP) is 5.42. The molecule has 2 aromatic rings. The van der Waals surface area contributed by atoms with Crippen LogP contribution in [0.1, 0.15) is 53.2 Å². The van der Waals surface area contributed by atoms with Gasteiger partial charge in [-0.1, -0.05) is 59.3 Å². The minimum absolute atomic E-state index is 0.00572. The number of benzene rings is 2. The zero-order valence-electron chi connectivity index (χ0n) is 14.8. The van der Waals surface area contributed by atoms with Crippen molar-refractivity contribution < 1.29 is 4.79 Å². The van der Waals surface area contributed by atoms with Gasteiger partial charge >= 0.3 is 0 Å². The molecule has 2 aromatic carbocycles. The van der Waals surface area contributed by atoms with Crippen LogP contribution in [-0.2, 0) is 0 Å². The molecule has 0 saturated carbocycles. The van der Waals surface area contributed by atoms with Gasteiger partial charge in [-0.05, 0) is 48.1 Å². The summed E-state index contributed by atoms with van der Waals surface area (Å²) in [6.07, 6.45) is 6.58. The van der Waals surface area contributed by atoms with Crippen LogP contribution in [0.25, 0.3) is 0 Å². The quantitative estimate of drug-likeness (QED) is 0.660. The lowest BCUT2D eigenvalue weighted by Gasteiger charge is -2.38. The van der Waals surface area contributed by atoms with Gasteiger partial charge in [0, 0.05) is 16.9 Å². The first-order chi connectivity index (χ1) is 12.7. The van der Waals surface area contributed by atoms with Crippen LogP contribution in [0.4, 0.5) is 5.69 Å². The van der Waals surface area contributed by atoms with E-state index in [2.05, 4.69) is 76.0 Å². The van der Waals surface area contributed by atoms with E-state index in [1.807, 2.05) is 12.1 Å². The molecule has 0 spiro atoms. The Bertz CT molecular complexity index is 844. The Kier molecular flexibility index (Phi) is 4.86. The number of carbonyl (C=O) groups is 1. The third-order valence-corrected chi connectivity index (χ3v) is 5.93. The molecule has 2 aliphatic rings. The summed E-state index contributed by atoms with van der Waals surface area (Å²) < 4.78 is 1.08. The molecule has 26 heavy (non-hydrogen) atoms. The molecule has 1 amide bonds. The SMILES string of the molecule is CCCNC(=O)c1cccc2c1NC(c1ccc(Br)cc1)C1CC=CC21. The molecule has 1 heterocycles. The number of rotatable bonds is 4. The van der Waals surface area contributed by atoms with Crippen molar-refractivity contribution in [2.24, 2.45) is 5.92 Å². The van der Waals surface area contributed by atoms with Gasteiger partial charge in [-0.25, -0.2) is 0 Å². The average molecular weight is 411 g/mol. The molecule has 3 atom stereocenters. The number of allylic oxidation sites excluding steroid dienone is 2. The van der Waals surface area contributed by atoms with E-state index >= 15 is 0 Å². The number of amides is 1. The number of carbonyl (C=O) groups excluding carboxylic acids is 1. The molecule has 0 radical (unpaired) electrons. The number of nitrogens with one attached hydrogen (secondary N) is 2. The molecule has 0 bridgehead atoms. The molecule has 0 saturated heterocycles. The lowest BCUT2D eigenvalue weighted by Crippen LogP contribution is -2.32. The second-order valence-corrected chi connectivity index (χ2v) is 7.97. The van der Waals surface area contributed by atoms with Crippen molar-refractivity contribution in [3.05, 3.63) is 75.8 Å². The molecule has 3 unspecified atom stereocenters. The Hall–Kier alpha value is -2.07. The van der Waals surface area contributed by atoms with Crippen molar-refractivity contribution in [3.8, 4) is 0 Å². The summed E-state index contributed by atoms with van der Waals surface area (Å²) in [6, 6.07) is 14.8. The maximum atomic E-state index is 12.7. The summed E-state index contributed by atoms with van der Waals surface area (Å²) in [7, 11) is 0. The minimum atomic E-state index is 0.00572. The fourth-order valence-electron chi connectivity index (χ4n) is 4.14. The van der Waals surface area contributed by atoms with Crippen molar-refractivity contribution >= 4 is 27.5 Å². The monoisotopic (exact) mass is 410 g/mol. The van der Waals surface area contributed by atoms with E-state index in [1.54, 1.807) is 0 Å². The van der Waals surface area contributed by atoms with Gasteiger partial charge in [0.25, 0.3) is 5.91 Å². The molecule has 134 valence electrons. The number of hydrogen-bond acceptors (Lipinski definition) is 2. The normalized spacial score (nSPS) is 23.1. The Labute approximate surface area is 163 Å². The van der Waals surface area contributed by atoms with Crippen LogP contribution in [0.15, 0.2) is 59.1 Å². The van der Waals surface area contributed by atoms with Crippen molar-refractivity contribution in [1.29, 1.82) is 0 Å². The summed E-state index contributed by atoms with van der Waals surface area (Å²) in [5.74, 6) is 0.850. The second kappa shape index (κ2) is 7.28. The first-order valence-electron chi connectivity index (χ1n) is 9.29. The van der Waals surface area contributed by atoms with Gasteiger partial charge in [0.05, 0.1) is 17.3 Å². The number of halogens is 1. The number of anilines is 1. The third kappa shape index (κ3) is 3.07. The van der Waals surface area contributed by atoms with Crippen molar-refractivity contribution in [1.82, 2.24) is 5.32 Å². The van der Waals surface area contributed by atoms with Crippen LogP contribution >= 0.6 is 15.9 Å². The van der Waals surface area contributed by atoms with E-state index in [0.717, 1.165) is 28.6 Å². The molecule has 4 heteroatoms. The Morgan fingerprint density at radius 3 is 2.81 bits per heavy atom. The number of fused-ring (bicyclic) bond motifs is 3. The summed E-state index contributed by atoms with van der Waals surface area (Å²) >= 11 is 3.52. The fourth-order valence-corrected chi connectivity index (χ4v) is 4.41. The largest absolute Gasteiger partial charge is 0.377 e. The number of hydrogen-bond donors (Lipinski definition) is 2. The molecule has 0 fully saturated rings. The molecular formula is C22H23BrN2O. The summed E-state index contributed by atoms with van der Waals surface area (Å²) in [6.45, 7) is 2.76. The highest BCUT2D eigenvalue weighted by Crippen LogP contribution is 2.50. The molecule has 1 aliphatic carbocycles. The predicted molar refractivity (Wildman–Crippen MR) is 110 cm³/mol. The second-order valence-electron chi connectivity index (χ2n) is 7.05. The minimum Gasteiger partial charge on any atom is -0.377 e. The Morgan fingerprint density at radius 2 is 2.04 bits per heavy atom. The highest BCUT2D eigenvalue weighted by Gasteiger charge is 2.39. The highest BCUT2D eigenvalue weighted by molar-refractivity contribution is 9.10. The van der Waals surface area contributed by atoms with E-state index < -0.39 is 0 Å². The van der Waals surface area contributed by atoms with Crippen molar-refractivity contribution in [3.63, 3.8) is 0 Å². The van der Waals surface area contributed by atoms with E-state index in [1.165, 1.54) is 11.1 Å². The van der Waals surface area contributed by atoms with Crippen molar-refractivity contribution in [2.75, 3.05) is 11.9 Å². The smallest absolute Gasteiger partial charge is 0.253 e. The third-order valence-electron chi connectivity index (χ3n) is 5.41. The Morgan fingerprint density at radius 1 is 1.23 bits per heavy atom. The standard InChI is InChI=1S/C22H23BrN2O/c1-2-13-24-22(26)19-8-4-7-18-16-5-3-6-17(16)20(25-21(18)19)14-9-11-15(23)12-10-14/h3-5,7-12,16-17,20,25H,2,6,13H2,1H3,(H,24,26). The number of para-hydroxylation sites is 1. The van der Waals surface area contributed by atoms with Gasteiger partial charge in [0.2, 0.25) is 0 Å². The maximum Gasteiger partial charge on any atom is 0.253 e. The topological polar surface area (TPSA) is 41.1 Å². The Balaban J connectivity index is 1.74.